The highest BCUT2D eigenvalue weighted by Crippen LogP contribution is 2.27. The van der Waals surface area contributed by atoms with Gasteiger partial charge in [-0.3, -0.25) is 4.79 Å². The number of carbonyl (C=O) groups excluding carboxylic acids is 1. The number of nitrogens with one attached hydrogen (secondary N) is 1. The number of rotatable bonds is 9. The van der Waals surface area contributed by atoms with Crippen LogP contribution in [0.25, 0.3) is 0 Å². The molecule has 1 heterocycles. The number of methoxy groups -OCH3 is 1. The third-order valence-electron chi connectivity index (χ3n) is 4.86. The Morgan fingerprint density at radius 1 is 1.13 bits per heavy atom. The number of hydrogen-bond donors (Lipinski definition) is 1. The average molecular weight is 441 g/mol. The Balaban J connectivity index is 1.66. The van der Waals surface area contributed by atoms with Crippen LogP contribution in [0.15, 0.2) is 47.6 Å². The van der Waals surface area contributed by atoms with Crippen LogP contribution in [0.3, 0.4) is 0 Å². The minimum absolute atomic E-state index is 0.0738. The minimum Gasteiger partial charge on any atom is -0.497 e. The minimum atomic E-state index is -0.308. The fraction of sp³-hybridized carbons (Fsp3) is 0.348. The highest BCUT2D eigenvalue weighted by molar-refractivity contribution is 7.99. The molecular weight excluding hydrogens is 412 g/mol. The Bertz CT molecular complexity index is 1030. The number of aromatic nitrogens is 3. The van der Waals surface area contributed by atoms with E-state index in [2.05, 4.69) is 15.5 Å². The van der Waals surface area contributed by atoms with E-state index < -0.39 is 0 Å². The Morgan fingerprint density at radius 3 is 2.48 bits per heavy atom. The molecule has 0 aliphatic rings. The molecule has 1 atom stereocenters. The molecule has 0 spiro atoms. The molecule has 1 aromatic heterocycles. The Morgan fingerprint density at radius 2 is 1.81 bits per heavy atom. The highest BCUT2D eigenvalue weighted by atomic mass is 32.2. The normalized spacial score (nSPS) is 11.8. The molecule has 1 N–H and O–H groups in total. The Hall–Kier alpha value is -3.00. The summed E-state index contributed by atoms with van der Waals surface area (Å²) in [7, 11) is 1.62. The largest absolute Gasteiger partial charge is 0.497 e. The van der Waals surface area contributed by atoms with Crippen molar-refractivity contribution in [3.8, 4) is 11.5 Å². The van der Waals surface area contributed by atoms with Gasteiger partial charge < -0.3 is 19.4 Å². The number of para-hydroxylation sites is 1. The second-order valence-corrected chi connectivity index (χ2v) is 8.07. The van der Waals surface area contributed by atoms with Crippen LogP contribution >= 0.6 is 11.8 Å². The maximum Gasteiger partial charge on any atom is 0.234 e. The van der Waals surface area contributed by atoms with Crippen LogP contribution in [0.4, 0.5) is 5.69 Å². The van der Waals surface area contributed by atoms with E-state index in [9.17, 15) is 4.79 Å². The number of ether oxygens (including phenoxy) is 2. The third kappa shape index (κ3) is 5.58. The number of benzene rings is 2. The van der Waals surface area contributed by atoms with E-state index in [0.717, 1.165) is 22.6 Å². The lowest BCUT2D eigenvalue weighted by atomic mass is 10.1. The highest BCUT2D eigenvalue weighted by Gasteiger charge is 2.20. The number of nitrogens with zero attached hydrogens (tertiary/aromatic N) is 3. The lowest BCUT2D eigenvalue weighted by molar-refractivity contribution is -0.113. The van der Waals surface area contributed by atoms with Crippen LogP contribution < -0.4 is 14.8 Å². The van der Waals surface area contributed by atoms with E-state index in [1.54, 1.807) is 7.11 Å². The summed E-state index contributed by atoms with van der Waals surface area (Å²) in [5, 5.41) is 12.3. The number of amides is 1. The van der Waals surface area contributed by atoms with Gasteiger partial charge in [0, 0.05) is 18.3 Å². The van der Waals surface area contributed by atoms with Gasteiger partial charge in [-0.1, -0.05) is 36.0 Å². The lowest BCUT2D eigenvalue weighted by Gasteiger charge is -2.16. The van der Waals surface area contributed by atoms with Gasteiger partial charge in [0.1, 0.15) is 11.5 Å². The molecule has 8 heteroatoms. The van der Waals surface area contributed by atoms with E-state index >= 15 is 0 Å². The molecule has 0 radical (unpaired) electrons. The predicted molar refractivity (Wildman–Crippen MR) is 123 cm³/mol. The first-order valence-electron chi connectivity index (χ1n) is 10.2. The molecular formula is C23H28N4O3S. The van der Waals surface area contributed by atoms with Crippen LogP contribution in [-0.2, 0) is 11.3 Å². The summed E-state index contributed by atoms with van der Waals surface area (Å²) in [5.41, 5.74) is 2.95. The second kappa shape index (κ2) is 10.3. The van der Waals surface area contributed by atoms with Crippen LogP contribution in [0.2, 0.25) is 0 Å². The van der Waals surface area contributed by atoms with Gasteiger partial charge in [-0.15, -0.1) is 10.2 Å². The topological polar surface area (TPSA) is 78.3 Å². The van der Waals surface area contributed by atoms with Gasteiger partial charge in [0.05, 0.1) is 12.9 Å². The molecule has 7 nitrogen and oxygen atoms in total. The number of aryl methyl sites for hydroxylation is 2. The Labute approximate surface area is 187 Å². The second-order valence-electron chi connectivity index (χ2n) is 7.13. The fourth-order valence-electron chi connectivity index (χ4n) is 3.25. The van der Waals surface area contributed by atoms with Crippen molar-refractivity contribution in [3.63, 3.8) is 0 Å². The summed E-state index contributed by atoms with van der Waals surface area (Å²) in [6.07, 6.45) is -0.308. The van der Waals surface area contributed by atoms with E-state index in [1.165, 1.54) is 11.8 Å². The van der Waals surface area contributed by atoms with Crippen LogP contribution in [-0.4, -0.2) is 33.5 Å². The van der Waals surface area contributed by atoms with Gasteiger partial charge in [-0.25, -0.2) is 0 Å². The maximum atomic E-state index is 12.5. The number of anilines is 1. The van der Waals surface area contributed by atoms with Crippen LogP contribution in [0.1, 0.15) is 36.9 Å². The number of thioether (sulfide) groups is 1. The molecule has 2 aromatic carbocycles. The summed E-state index contributed by atoms with van der Waals surface area (Å²) in [5.74, 6) is 2.31. The average Bonchev–Trinajstić information content (AvgIpc) is 3.18. The molecule has 0 aliphatic heterocycles. The van der Waals surface area contributed by atoms with Crippen molar-refractivity contribution < 1.29 is 14.3 Å². The molecule has 1 amide bonds. The van der Waals surface area contributed by atoms with Crippen molar-refractivity contribution in [2.45, 2.75) is 45.5 Å². The number of carbonyl (C=O) groups is 1. The van der Waals surface area contributed by atoms with Crippen molar-refractivity contribution in [1.82, 2.24) is 14.8 Å². The van der Waals surface area contributed by atoms with Gasteiger partial charge in [0.2, 0.25) is 5.91 Å². The van der Waals surface area contributed by atoms with Gasteiger partial charge in [-0.2, -0.15) is 0 Å². The quantitative estimate of drug-likeness (QED) is 0.482. The molecule has 1 unspecified atom stereocenters. The molecule has 3 aromatic rings. The van der Waals surface area contributed by atoms with Crippen molar-refractivity contribution in [2.24, 2.45) is 0 Å². The first kappa shape index (κ1) is 22.7. The van der Waals surface area contributed by atoms with E-state index in [-0.39, 0.29) is 17.8 Å². The molecule has 31 heavy (non-hydrogen) atoms. The summed E-state index contributed by atoms with van der Waals surface area (Å²) in [6.45, 7) is 8.59. The Kier molecular flexibility index (Phi) is 7.57. The van der Waals surface area contributed by atoms with Crippen molar-refractivity contribution in [3.05, 3.63) is 59.4 Å². The zero-order valence-electron chi connectivity index (χ0n) is 18.5. The summed E-state index contributed by atoms with van der Waals surface area (Å²) >= 11 is 1.36. The molecule has 3 rings (SSSR count). The van der Waals surface area contributed by atoms with E-state index in [4.69, 9.17) is 9.47 Å². The van der Waals surface area contributed by atoms with E-state index in [1.807, 2.05) is 74.7 Å². The SMILES string of the molecule is CCn1c(SCC(=O)Nc2c(C)cccc2C)nnc1C(C)Oc1cccc(OC)c1. The molecule has 0 saturated heterocycles. The standard InChI is InChI=1S/C23H28N4O3S/c1-6-27-22(17(4)30-19-12-8-11-18(13-19)29-5)25-26-23(27)31-14-20(28)24-21-15(2)9-7-10-16(21)3/h7-13,17H,6,14H2,1-5H3,(H,24,28). The monoisotopic (exact) mass is 440 g/mol. The van der Waals surface area contributed by atoms with Crippen molar-refractivity contribution in [2.75, 3.05) is 18.2 Å². The van der Waals surface area contributed by atoms with Crippen molar-refractivity contribution >= 4 is 23.4 Å². The maximum absolute atomic E-state index is 12.5. The first-order chi connectivity index (χ1) is 14.9. The van der Waals surface area contributed by atoms with Gasteiger partial charge in [0.15, 0.2) is 17.1 Å². The molecule has 0 aliphatic carbocycles. The van der Waals surface area contributed by atoms with Crippen LogP contribution in [0.5, 0.6) is 11.5 Å². The molecule has 0 bridgehead atoms. The van der Waals surface area contributed by atoms with Gasteiger partial charge >= 0.3 is 0 Å². The molecule has 164 valence electrons. The zero-order chi connectivity index (χ0) is 22.4. The zero-order valence-corrected chi connectivity index (χ0v) is 19.3. The molecule has 0 fully saturated rings. The fourth-order valence-corrected chi connectivity index (χ4v) is 4.06. The predicted octanol–water partition coefficient (Wildman–Crippen LogP) is 4.79. The van der Waals surface area contributed by atoms with Gasteiger partial charge in [0.25, 0.3) is 0 Å². The smallest absolute Gasteiger partial charge is 0.234 e. The first-order valence-corrected chi connectivity index (χ1v) is 11.1. The summed E-state index contributed by atoms with van der Waals surface area (Å²) in [6, 6.07) is 13.4. The number of hydrogen-bond acceptors (Lipinski definition) is 6. The van der Waals surface area contributed by atoms with Gasteiger partial charge in [-0.05, 0) is 51.0 Å². The van der Waals surface area contributed by atoms with Crippen LogP contribution in [0, 0.1) is 13.8 Å². The third-order valence-corrected chi connectivity index (χ3v) is 5.82. The lowest BCUT2D eigenvalue weighted by Crippen LogP contribution is -2.16. The summed E-state index contributed by atoms with van der Waals surface area (Å²) in [4.78, 5) is 12.5. The van der Waals surface area contributed by atoms with Crippen molar-refractivity contribution in [1.29, 1.82) is 0 Å². The van der Waals surface area contributed by atoms with E-state index in [0.29, 0.717) is 23.3 Å². The molecule has 0 saturated carbocycles. The summed E-state index contributed by atoms with van der Waals surface area (Å²) < 4.78 is 13.3.